The largest absolute Gasteiger partial charge is 0.488 e. The smallest absolute Gasteiger partial charge is 0.124 e. The Morgan fingerprint density at radius 3 is 2.29 bits per heavy atom. The van der Waals surface area contributed by atoms with E-state index in [1.807, 2.05) is 0 Å². The van der Waals surface area contributed by atoms with Gasteiger partial charge in [-0.15, -0.1) is 0 Å². The quantitative estimate of drug-likeness (QED) is 0.860. The molecule has 1 fully saturated rings. The van der Waals surface area contributed by atoms with Gasteiger partial charge in [0.25, 0.3) is 0 Å². The van der Waals surface area contributed by atoms with Crippen molar-refractivity contribution in [2.45, 2.75) is 83.3 Å². The molecular weight excluding hydrogens is 260 g/mol. The van der Waals surface area contributed by atoms with Crippen LogP contribution in [-0.2, 0) is 5.41 Å². The van der Waals surface area contributed by atoms with Crippen molar-refractivity contribution >= 4 is 0 Å². The van der Waals surface area contributed by atoms with Crippen LogP contribution in [0.15, 0.2) is 24.3 Å². The lowest BCUT2D eigenvalue weighted by Crippen LogP contribution is -2.32. The molecule has 2 rings (SSSR count). The van der Waals surface area contributed by atoms with Gasteiger partial charge in [0, 0.05) is 0 Å². The van der Waals surface area contributed by atoms with Gasteiger partial charge in [-0.3, -0.25) is 0 Å². The van der Waals surface area contributed by atoms with Crippen LogP contribution in [0.1, 0.15) is 71.3 Å². The Bertz CT molecular complexity index is 422. The summed E-state index contributed by atoms with van der Waals surface area (Å²) < 4.78 is 6.05. The number of benzene rings is 1. The van der Waals surface area contributed by atoms with Crippen molar-refractivity contribution in [1.82, 2.24) is 0 Å². The fourth-order valence-electron chi connectivity index (χ4n) is 2.93. The Balaban J connectivity index is 2.01. The van der Waals surface area contributed by atoms with Crippen molar-refractivity contribution in [3.63, 3.8) is 0 Å². The van der Waals surface area contributed by atoms with Crippen LogP contribution >= 0.6 is 0 Å². The van der Waals surface area contributed by atoms with Crippen LogP contribution in [0.3, 0.4) is 0 Å². The summed E-state index contributed by atoms with van der Waals surface area (Å²) in [6.45, 7) is 6.75. The third kappa shape index (κ3) is 4.47. The second kappa shape index (κ2) is 7.31. The first-order chi connectivity index (χ1) is 10.0. The second-order valence-corrected chi connectivity index (χ2v) is 6.98. The van der Waals surface area contributed by atoms with Gasteiger partial charge in [-0.1, -0.05) is 52.2 Å². The van der Waals surface area contributed by atoms with Gasteiger partial charge in [0.15, 0.2) is 0 Å². The Kier molecular flexibility index (Phi) is 5.69. The fraction of sp³-hybridized carbons (Fsp3) is 0.684. The van der Waals surface area contributed by atoms with E-state index in [4.69, 9.17) is 4.74 Å². The molecule has 1 aliphatic carbocycles. The van der Waals surface area contributed by atoms with Crippen molar-refractivity contribution in [1.29, 1.82) is 0 Å². The lowest BCUT2D eigenvalue weighted by atomic mass is 9.82. The minimum atomic E-state index is -0.322. The SMILES string of the molecule is CCC(C)(C)c1ccc(OC2CCCCCCC2O)cc1. The molecule has 118 valence electrons. The number of hydrogen-bond acceptors (Lipinski definition) is 2. The summed E-state index contributed by atoms with van der Waals surface area (Å²) in [4.78, 5) is 0. The average molecular weight is 290 g/mol. The standard InChI is InChI=1S/C19H30O2/c1-4-19(2,3)15-11-13-16(14-12-15)21-18-10-8-6-5-7-9-17(18)20/h11-14,17-18,20H,4-10H2,1-3H3. The monoisotopic (exact) mass is 290 g/mol. The van der Waals surface area contributed by atoms with Gasteiger partial charge in [0.05, 0.1) is 6.10 Å². The highest BCUT2D eigenvalue weighted by atomic mass is 16.5. The lowest BCUT2D eigenvalue weighted by Gasteiger charge is -2.27. The molecule has 0 spiro atoms. The van der Waals surface area contributed by atoms with Gasteiger partial charge in [-0.25, -0.2) is 0 Å². The van der Waals surface area contributed by atoms with E-state index in [1.165, 1.54) is 18.4 Å². The zero-order valence-corrected chi connectivity index (χ0v) is 13.8. The van der Waals surface area contributed by atoms with Crippen molar-refractivity contribution in [3.8, 4) is 5.75 Å². The van der Waals surface area contributed by atoms with Gasteiger partial charge >= 0.3 is 0 Å². The number of rotatable bonds is 4. The maximum atomic E-state index is 10.2. The van der Waals surface area contributed by atoms with E-state index in [2.05, 4.69) is 45.0 Å². The van der Waals surface area contributed by atoms with Crippen molar-refractivity contribution < 1.29 is 9.84 Å². The number of aliphatic hydroxyl groups excluding tert-OH is 1. The van der Waals surface area contributed by atoms with Crippen LogP contribution in [0.2, 0.25) is 0 Å². The first kappa shape index (κ1) is 16.4. The van der Waals surface area contributed by atoms with E-state index in [0.29, 0.717) is 0 Å². The Morgan fingerprint density at radius 1 is 1.05 bits per heavy atom. The van der Waals surface area contributed by atoms with Crippen LogP contribution in [0.5, 0.6) is 5.75 Å². The van der Waals surface area contributed by atoms with Gasteiger partial charge in [0.2, 0.25) is 0 Å². The van der Waals surface area contributed by atoms with Crippen LogP contribution < -0.4 is 4.74 Å². The summed E-state index contributed by atoms with van der Waals surface area (Å²) in [6.07, 6.45) is 7.35. The van der Waals surface area contributed by atoms with Crippen LogP contribution in [-0.4, -0.2) is 17.3 Å². The third-order valence-electron chi connectivity index (χ3n) is 4.97. The summed E-state index contributed by atoms with van der Waals surface area (Å²) in [7, 11) is 0. The summed E-state index contributed by atoms with van der Waals surface area (Å²) in [5, 5.41) is 10.2. The Hall–Kier alpha value is -1.02. The fourth-order valence-corrected chi connectivity index (χ4v) is 2.93. The molecule has 0 aromatic heterocycles. The minimum absolute atomic E-state index is 0.0460. The maximum absolute atomic E-state index is 10.2. The molecule has 0 bridgehead atoms. The molecule has 0 amide bonds. The molecule has 1 saturated carbocycles. The molecule has 1 N–H and O–H groups in total. The second-order valence-electron chi connectivity index (χ2n) is 6.98. The zero-order chi connectivity index (χ0) is 15.3. The van der Waals surface area contributed by atoms with Crippen LogP contribution in [0.25, 0.3) is 0 Å². The molecule has 0 aliphatic heterocycles. The number of ether oxygens (including phenoxy) is 1. The highest BCUT2D eigenvalue weighted by Gasteiger charge is 2.23. The first-order valence-corrected chi connectivity index (χ1v) is 8.48. The van der Waals surface area contributed by atoms with Gasteiger partial charge in [-0.2, -0.15) is 0 Å². The minimum Gasteiger partial charge on any atom is -0.488 e. The Morgan fingerprint density at radius 2 is 1.67 bits per heavy atom. The lowest BCUT2D eigenvalue weighted by molar-refractivity contribution is 0.0187. The van der Waals surface area contributed by atoms with Crippen LogP contribution in [0.4, 0.5) is 0 Å². The molecular formula is C19H30O2. The number of hydrogen-bond donors (Lipinski definition) is 1. The van der Waals surface area contributed by atoms with E-state index in [1.54, 1.807) is 0 Å². The average Bonchev–Trinajstić information content (AvgIpc) is 2.47. The number of aliphatic hydroxyl groups is 1. The van der Waals surface area contributed by atoms with E-state index >= 15 is 0 Å². The predicted octanol–water partition coefficient (Wildman–Crippen LogP) is 4.84. The molecule has 1 aromatic carbocycles. The molecule has 0 radical (unpaired) electrons. The summed E-state index contributed by atoms with van der Waals surface area (Å²) in [6, 6.07) is 8.43. The first-order valence-electron chi connectivity index (χ1n) is 8.48. The van der Waals surface area contributed by atoms with Crippen molar-refractivity contribution in [2.75, 3.05) is 0 Å². The van der Waals surface area contributed by atoms with E-state index < -0.39 is 0 Å². The van der Waals surface area contributed by atoms with Gasteiger partial charge in [0.1, 0.15) is 11.9 Å². The summed E-state index contributed by atoms with van der Waals surface area (Å²) in [5.74, 6) is 0.885. The molecule has 1 aliphatic rings. The van der Waals surface area contributed by atoms with E-state index in [0.717, 1.165) is 37.9 Å². The molecule has 2 nitrogen and oxygen atoms in total. The highest BCUT2D eigenvalue weighted by Crippen LogP contribution is 2.29. The topological polar surface area (TPSA) is 29.5 Å². The predicted molar refractivity (Wildman–Crippen MR) is 87.9 cm³/mol. The van der Waals surface area contributed by atoms with Gasteiger partial charge < -0.3 is 9.84 Å². The van der Waals surface area contributed by atoms with Crippen LogP contribution in [0, 0.1) is 0 Å². The molecule has 1 aromatic rings. The highest BCUT2D eigenvalue weighted by molar-refractivity contribution is 5.31. The zero-order valence-electron chi connectivity index (χ0n) is 13.8. The Labute approximate surface area is 129 Å². The van der Waals surface area contributed by atoms with E-state index in [9.17, 15) is 5.11 Å². The maximum Gasteiger partial charge on any atom is 0.124 e. The molecule has 21 heavy (non-hydrogen) atoms. The molecule has 2 atom stereocenters. The van der Waals surface area contributed by atoms with Gasteiger partial charge in [-0.05, 0) is 48.8 Å². The normalized spacial score (nSPS) is 24.2. The summed E-state index contributed by atoms with van der Waals surface area (Å²) in [5.41, 5.74) is 1.55. The molecule has 0 saturated heterocycles. The summed E-state index contributed by atoms with van der Waals surface area (Å²) >= 11 is 0. The third-order valence-corrected chi connectivity index (χ3v) is 4.97. The van der Waals surface area contributed by atoms with E-state index in [-0.39, 0.29) is 17.6 Å². The molecule has 2 unspecified atom stereocenters. The van der Waals surface area contributed by atoms with Crippen molar-refractivity contribution in [2.24, 2.45) is 0 Å². The molecule has 0 heterocycles. The molecule has 2 heteroatoms. The van der Waals surface area contributed by atoms with Crippen molar-refractivity contribution in [3.05, 3.63) is 29.8 Å².